The van der Waals surface area contributed by atoms with Crippen LogP contribution in [0.5, 0.6) is 0 Å². The van der Waals surface area contributed by atoms with Gasteiger partial charge in [0.1, 0.15) is 5.76 Å². The molecule has 14 heavy (non-hydrogen) atoms. The molecule has 0 aliphatic carbocycles. The lowest BCUT2D eigenvalue weighted by atomic mass is 10.1. The number of allylic oxidation sites excluding steroid dienone is 1. The summed E-state index contributed by atoms with van der Waals surface area (Å²) in [5.41, 5.74) is 0.567. The molecule has 72 valence electrons. The van der Waals surface area contributed by atoms with Crippen molar-refractivity contribution < 1.29 is 9.90 Å². The molecule has 0 aliphatic heterocycles. The second-order valence-corrected chi connectivity index (χ2v) is 2.83. The maximum atomic E-state index is 11.0. The molecule has 0 radical (unpaired) electrons. The third-order valence-electron chi connectivity index (χ3n) is 1.83. The highest BCUT2D eigenvalue weighted by atomic mass is 16.3. The van der Waals surface area contributed by atoms with Crippen LogP contribution in [0, 0.1) is 5.41 Å². The highest BCUT2D eigenvalue weighted by Crippen LogP contribution is 2.14. The first kappa shape index (κ1) is 10.2. The lowest BCUT2D eigenvalue weighted by Gasteiger charge is -2.02. The molecule has 0 spiro atoms. The summed E-state index contributed by atoms with van der Waals surface area (Å²) >= 11 is 0. The van der Waals surface area contributed by atoms with Gasteiger partial charge in [-0.1, -0.05) is 30.3 Å². The molecular weight excluding hydrogens is 178 g/mol. The van der Waals surface area contributed by atoms with Crippen LogP contribution in [0.1, 0.15) is 12.5 Å². The Labute approximate surface area is 82.2 Å². The molecule has 1 aromatic rings. The molecule has 0 saturated carbocycles. The van der Waals surface area contributed by atoms with Gasteiger partial charge in [-0.25, -0.2) is 0 Å². The van der Waals surface area contributed by atoms with E-state index in [1.807, 2.05) is 6.07 Å². The Morgan fingerprint density at radius 3 is 2.36 bits per heavy atom. The first-order valence-electron chi connectivity index (χ1n) is 4.17. The highest BCUT2D eigenvalue weighted by Gasteiger charge is 2.09. The van der Waals surface area contributed by atoms with Crippen LogP contribution in [0.3, 0.4) is 0 Å². The van der Waals surface area contributed by atoms with Crippen LogP contribution in [-0.2, 0) is 4.79 Å². The van der Waals surface area contributed by atoms with Gasteiger partial charge < -0.3 is 10.5 Å². The van der Waals surface area contributed by atoms with Gasteiger partial charge in [0.25, 0.3) is 0 Å². The molecule has 1 aromatic carbocycles. The van der Waals surface area contributed by atoms with Crippen LogP contribution < -0.4 is 0 Å². The number of aliphatic hydroxyl groups excluding tert-OH is 1. The summed E-state index contributed by atoms with van der Waals surface area (Å²) in [5.74, 6) is -0.463. The van der Waals surface area contributed by atoms with Gasteiger partial charge in [-0.3, -0.25) is 4.79 Å². The second kappa shape index (κ2) is 4.37. The number of aliphatic hydroxyl groups is 1. The summed E-state index contributed by atoms with van der Waals surface area (Å²) in [6, 6.07) is 8.69. The van der Waals surface area contributed by atoms with Crippen LogP contribution in [-0.4, -0.2) is 17.1 Å². The van der Waals surface area contributed by atoms with Gasteiger partial charge in [0.15, 0.2) is 5.78 Å². The van der Waals surface area contributed by atoms with Gasteiger partial charge in [0, 0.05) is 11.8 Å². The molecular formula is C11H11NO2. The number of ketones is 1. The molecule has 3 nitrogen and oxygen atoms in total. The van der Waals surface area contributed by atoms with Crippen LogP contribution >= 0.6 is 0 Å². The van der Waals surface area contributed by atoms with E-state index in [1.54, 1.807) is 24.3 Å². The summed E-state index contributed by atoms with van der Waals surface area (Å²) in [6.45, 7) is 1.32. The monoisotopic (exact) mass is 189 g/mol. The number of rotatable bonds is 3. The number of benzene rings is 1. The molecule has 0 aromatic heterocycles. The number of hydrogen-bond acceptors (Lipinski definition) is 3. The van der Waals surface area contributed by atoms with Crippen LogP contribution in [0.4, 0.5) is 0 Å². The van der Waals surface area contributed by atoms with Crippen molar-refractivity contribution in [3.05, 3.63) is 41.5 Å². The van der Waals surface area contributed by atoms with Gasteiger partial charge in [-0.2, -0.15) is 0 Å². The Morgan fingerprint density at radius 2 is 1.93 bits per heavy atom. The van der Waals surface area contributed by atoms with Gasteiger partial charge >= 0.3 is 0 Å². The highest BCUT2D eigenvalue weighted by molar-refractivity contribution is 6.16. The zero-order valence-electron chi connectivity index (χ0n) is 7.82. The Kier molecular flexibility index (Phi) is 3.18. The summed E-state index contributed by atoms with van der Waals surface area (Å²) in [4.78, 5) is 11.0. The smallest absolute Gasteiger partial charge is 0.165 e. The van der Waals surface area contributed by atoms with Crippen molar-refractivity contribution in [3.63, 3.8) is 0 Å². The number of nitrogens with one attached hydrogen (secondary N) is 1. The summed E-state index contributed by atoms with van der Waals surface area (Å²) in [5, 5.41) is 16.7. The average Bonchev–Trinajstić information content (AvgIpc) is 2.19. The molecule has 1 rings (SSSR count). The van der Waals surface area contributed by atoms with Crippen LogP contribution in [0.15, 0.2) is 35.9 Å². The van der Waals surface area contributed by atoms with Crippen molar-refractivity contribution in [3.8, 4) is 0 Å². The molecule has 0 atom stereocenters. The number of hydrogen-bond donors (Lipinski definition) is 2. The van der Waals surface area contributed by atoms with E-state index in [4.69, 9.17) is 5.41 Å². The van der Waals surface area contributed by atoms with Crippen molar-refractivity contribution in [1.29, 1.82) is 5.41 Å². The molecule has 0 saturated heterocycles. The minimum atomic E-state index is -0.318. The number of carbonyl (C=O) groups excluding carboxylic acids is 1. The summed E-state index contributed by atoms with van der Waals surface area (Å²) < 4.78 is 0. The first-order chi connectivity index (χ1) is 6.66. The normalized spacial score (nSPS) is 11.8. The van der Waals surface area contributed by atoms with Crippen LogP contribution in [0.25, 0.3) is 5.76 Å². The van der Waals surface area contributed by atoms with Crippen LogP contribution in [0.2, 0.25) is 0 Å². The fourth-order valence-electron chi connectivity index (χ4n) is 1.09. The van der Waals surface area contributed by atoms with Crippen molar-refractivity contribution in [2.24, 2.45) is 0 Å². The molecule has 0 bridgehead atoms. The fraction of sp³-hybridized carbons (Fsp3) is 0.0909. The zero-order valence-corrected chi connectivity index (χ0v) is 7.82. The molecule has 2 N–H and O–H groups in total. The Morgan fingerprint density at radius 1 is 1.36 bits per heavy atom. The second-order valence-electron chi connectivity index (χ2n) is 2.83. The Balaban J connectivity index is 3.21. The van der Waals surface area contributed by atoms with E-state index in [0.717, 1.165) is 6.21 Å². The SMILES string of the molecule is CC(=O)C(C=N)=C(O)c1ccccc1. The molecule has 0 heterocycles. The Bertz CT molecular complexity index is 380. The van der Waals surface area contributed by atoms with Crippen molar-refractivity contribution in [1.82, 2.24) is 0 Å². The number of carbonyl (C=O) groups is 1. The predicted molar refractivity (Wildman–Crippen MR) is 55.5 cm³/mol. The summed E-state index contributed by atoms with van der Waals surface area (Å²) in [7, 11) is 0. The Hall–Kier alpha value is -1.90. The first-order valence-corrected chi connectivity index (χ1v) is 4.17. The van der Waals surface area contributed by atoms with Gasteiger partial charge in [0.05, 0.1) is 5.57 Å². The third kappa shape index (κ3) is 2.07. The van der Waals surface area contributed by atoms with E-state index in [-0.39, 0.29) is 17.1 Å². The maximum absolute atomic E-state index is 11.0. The average molecular weight is 189 g/mol. The molecule has 0 unspecified atom stereocenters. The number of Topliss-reactive ketones (excluding diaryl/α,β-unsaturated/α-hetero) is 1. The minimum absolute atomic E-state index is 0.0243. The standard InChI is InChI=1S/C11H11NO2/c1-8(13)10(7-12)11(14)9-5-3-2-4-6-9/h2-7,12,14H,1H3. The van der Waals surface area contributed by atoms with Gasteiger partial charge in [-0.15, -0.1) is 0 Å². The lowest BCUT2D eigenvalue weighted by Crippen LogP contribution is -2.01. The van der Waals surface area contributed by atoms with E-state index in [1.165, 1.54) is 6.92 Å². The zero-order chi connectivity index (χ0) is 10.6. The van der Waals surface area contributed by atoms with E-state index < -0.39 is 0 Å². The van der Waals surface area contributed by atoms with Gasteiger partial charge in [0.2, 0.25) is 0 Å². The van der Waals surface area contributed by atoms with Crippen molar-refractivity contribution in [2.75, 3.05) is 0 Å². The van der Waals surface area contributed by atoms with Crippen molar-refractivity contribution in [2.45, 2.75) is 6.92 Å². The fourth-order valence-corrected chi connectivity index (χ4v) is 1.09. The maximum Gasteiger partial charge on any atom is 0.165 e. The lowest BCUT2D eigenvalue weighted by molar-refractivity contribution is -0.113. The van der Waals surface area contributed by atoms with E-state index in [2.05, 4.69) is 0 Å². The molecule has 0 amide bonds. The van der Waals surface area contributed by atoms with Crippen molar-refractivity contribution >= 4 is 17.8 Å². The van der Waals surface area contributed by atoms with E-state index >= 15 is 0 Å². The minimum Gasteiger partial charge on any atom is -0.507 e. The van der Waals surface area contributed by atoms with E-state index in [0.29, 0.717) is 5.56 Å². The predicted octanol–water partition coefficient (Wildman–Crippen LogP) is 2.19. The molecule has 0 fully saturated rings. The third-order valence-corrected chi connectivity index (χ3v) is 1.83. The quantitative estimate of drug-likeness (QED) is 0.435. The van der Waals surface area contributed by atoms with Gasteiger partial charge in [-0.05, 0) is 6.92 Å². The molecule has 3 heteroatoms. The van der Waals surface area contributed by atoms with E-state index in [9.17, 15) is 9.90 Å². The molecule has 0 aliphatic rings. The summed E-state index contributed by atoms with van der Waals surface area (Å²) in [6.07, 6.45) is 0.866. The topological polar surface area (TPSA) is 61.2 Å². The largest absolute Gasteiger partial charge is 0.507 e.